The van der Waals surface area contributed by atoms with E-state index in [0.717, 1.165) is 0 Å². The maximum absolute atomic E-state index is 10.5. The van der Waals surface area contributed by atoms with Gasteiger partial charge in [0, 0.05) is 25.3 Å². The lowest BCUT2D eigenvalue weighted by Crippen LogP contribution is -2.18. The third kappa shape index (κ3) is 3.25. The molecule has 0 aliphatic rings. The molecule has 0 fully saturated rings. The summed E-state index contributed by atoms with van der Waals surface area (Å²) in [5.74, 6) is 0. The minimum Gasteiger partial charge on any atom is -0.390 e. The number of nitro groups is 1. The Morgan fingerprint density at radius 1 is 1.69 bits per heavy atom. The highest BCUT2D eigenvalue weighted by Crippen LogP contribution is 2.15. The van der Waals surface area contributed by atoms with Crippen molar-refractivity contribution in [3.05, 3.63) is 33.6 Å². The molecule has 1 aromatic heterocycles. The summed E-state index contributed by atoms with van der Waals surface area (Å²) < 4.78 is 4.79. The predicted octanol–water partition coefficient (Wildman–Crippen LogP) is 0.848. The molecule has 1 atom stereocenters. The van der Waals surface area contributed by atoms with Crippen LogP contribution in [0.4, 0.5) is 5.69 Å². The first kappa shape index (κ1) is 12.5. The van der Waals surface area contributed by atoms with Crippen LogP contribution in [0.1, 0.15) is 11.3 Å². The summed E-state index contributed by atoms with van der Waals surface area (Å²) in [6, 6.07) is 1.45. The average Bonchev–Trinajstić information content (AvgIpc) is 2.21. The lowest BCUT2D eigenvalue weighted by molar-refractivity contribution is -0.385. The molecule has 1 aromatic rings. The average molecular weight is 226 g/mol. The Kier molecular flexibility index (Phi) is 4.33. The Morgan fingerprint density at radius 2 is 2.38 bits per heavy atom. The van der Waals surface area contributed by atoms with Crippen molar-refractivity contribution in [2.75, 3.05) is 13.7 Å². The number of hydrogen-bond donors (Lipinski definition) is 1. The van der Waals surface area contributed by atoms with Gasteiger partial charge in [-0.2, -0.15) is 0 Å². The Bertz CT molecular complexity index is 381. The summed E-state index contributed by atoms with van der Waals surface area (Å²) >= 11 is 0. The number of pyridine rings is 1. The number of aliphatic hydroxyl groups is 1. The van der Waals surface area contributed by atoms with Crippen LogP contribution in [-0.2, 0) is 11.2 Å². The number of aliphatic hydroxyl groups excluding tert-OH is 1. The second kappa shape index (κ2) is 5.53. The van der Waals surface area contributed by atoms with Crippen LogP contribution >= 0.6 is 0 Å². The Morgan fingerprint density at radius 3 is 2.88 bits per heavy atom. The van der Waals surface area contributed by atoms with Gasteiger partial charge in [0.05, 0.1) is 17.6 Å². The van der Waals surface area contributed by atoms with Gasteiger partial charge >= 0.3 is 0 Å². The highest BCUT2D eigenvalue weighted by atomic mass is 16.6. The lowest BCUT2D eigenvalue weighted by atomic mass is 10.1. The van der Waals surface area contributed by atoms with Gasteiger partial charge in [-0.15, -0.1) is 0 Å². The molecule has 0 aliphatic heterocycles. The Labute approximate surface area is 93.0 Å². The molecule has 6 nitrogen and oxygen atoms in total. The fraction of sp³-hybridized carbons (Fsp3) is 0.500. The Balaban J connectivity index is 2.79. The molecular weight excluding hydrogens is 212 g/mol. The molecule has 16 heavy (non-hydrogen) atoms. The van der Waals surface area contributed by atoms with Gasteiger partial charge in [-0.3, -0.25) is 15.1 Å². The standard InChI is InChI=1S/C10H14N2O4/c1-7-3-8(12(14)15)5-11-10(7)4-9(13)6-16-2/h3,5,9,13H,4,6H2,1-2H3. The maximum atomic E-state index is 10.5. The third-order valence-corrected chi connectivity index (χ3v) is 2.17. The number of aromatic nitrogens is 1. The van der Waals surface area contributed by atoms with Crippen LogP contribution in [0.3, 0.4) is 0 Å². The predicted molar refractivity (Wildman–Crippen MR) is 57.2 cm³/mol. The molecule has 88 valence electrons. The molecule has 0 aromatic carbocycles. The second-order valence-electron chi connectivity index (χ2n) is 3.53. The number of methoxy groups -OCH3 is 1. The quantitative estimate of drug-likeness (QED) is 0.594. The molecule has 1 N–H and O–H groups in total. The van der Waals surface area contributed by atoms with Crippen LogP contribution in [0, 0.1) is 17.0 Å². The first-order chi connectivity index (χ1) is 7.54. The molecule has 1 heterocycles. The van der Waals surface area contributed by atoms with Crippen LogP contribution in [0.2, 0.25) is 0 Å². The minimum atomic E-state index is -0.641. The zero-order chi connectivity index (χ0) is 12.1. The van der Waals surface area contributed by atoms with E-state index in [1.54, 1.807) is 6.92 Å². The summed E-state index contributed by atoms with van der Waals surface area (Å²) in [7, 11) is 1.50. The van der Waals surface area contributed by atoms with E-state index in [4.69, 9.17) is 4.74 Å². The SMILES string of the molecule is COCC(O)Cc1ncc([N+](=O)[O-])cc1C. The molecule has 0 spiro atoms. The molecule has 0 bridgehead atoms. The molecule has 1 unspecified atom stereocenters. The second-order valence-corrected chi connectivity index (χ2v) is 3.53. The number of hydrogen-bond acceptors (Lipinski definition) is 5. The number of rotatable bonds is 5. The molecule has 0 amide bonds. The van der Waals surface area contributed by atoms with E-state index in [2.05, 4.69) is 4.98 Å². The first-order valence-electron chi connectivity index (χ1n) is 4.81. The van der Waals surface area contributed by atoms with Crippen molar-refractivity contribution < 1.29 is 14.8 Å². The zero-order valence-corrected chi connectivity index (χ0v) is 9.21. The lowest BCUT2D eigenvalue weighted by Gasteiger charge is -2.10. The number of aryl methyl sites for hydroxylation is 1. The largest absolute Gasteiger partial charge is 0.390 e. The van der Waals surface area contributed by atoms with Gasteiger partial charge in [-0.1, -0.05) is 0 Å². The van der Waals surface area contributed by atoms with Crippen molar-refractivity contribution in [3.8, 4) is 0 Å². The van der Waals surface area contributed by atoms with E-state index in [-0.39, 0.29) is 12.3 Å². The van der Waals surface area contributed by atoms with Crippen molar-refractivity contribution >= 4 is 5.69 Å². The number of ether oxygens (including phenoxy) is 1. The van der Waals surface area contributed by atoms with E-state index in [1.807, 2.05) is 0 Å². The van der Waals surface area contributed by atoms with Crippen molar-refractivity contribution in [1.82, 2.24) is 4.98 Å². The van der Waals surface area contributed by atoms with Crippen molar-refractivity contribution in [2.24, 2.45) is 0 Å². The first-order valence-corrected chi connectivity index (χ1v) is 4.81. The third-order valence-electron chi connectivity index (χ3n) is 2.17. The van der Waals surface area contributed by atoms with Gasteiger partial charge in [0.1, 0.15) is 6.20 Å². The van der Waals surface area contributed by atoms with E-state index >= 15 is 0 Å². The smallest absolute Gasteiger partial charge is 0.287 e. The van der Waals surface area contributed by atoms with Crippen LogP contribution in [0.15, 0.2) is 12.3 Å². The van der Waals surface area contributed by atoms with Crippen molar-refractivity contribution in [2.45, 2.75) is 19.4 Å². The van der Waals surface area contributed by atoms with Crippen LogP contribution < -0.4 is 0 Å². The molecule has 6 heteroatoms. The molecule has 1 rings (SSSR count). The van der Waals surface area contributed by atoms with Gasteiger partial charge in [-0.25, -0.2) is 0 Å². The van der Waals surface area contributed by atoms with Crippen molar-refractivity contribution in [1.29, 1.82) is 0 Å². The van der Waals surface area contributed by atoms with E-state index in [1.165, 1.54) is 19.4 Å². The van der Waals surface area contributed by atoms with Gasteiger partial charge in [0.2, 0.25) is 0 Å². The highest BCUT2D eigenvalue weighted by Gasteiger charge is 2.12. The van der Waals surface area contributed by atoms with Crippen LogP contribution in [0.25, 0.3) is 0 Å². The fourth-order valence-electron chi connectivity index (χ4n) is 1.38. The molecule has 0 aliphatic carbocycles. The fourth-order valence-corrected chi connectivity index (χ4v) is 1.38. The molecule has 0 saturated carbocycles. The monoisotopic (exact) mass is 226 g/mol. The van der Waals surface area contributed by atoms with Gasteiger partial charge < -0.3 is 9.84 Å². The topological polar surface area (TPSA) is 85.5 Å². The summed E-state index contributed by atoms with van der Waals surface area (Å²) in [5.41, 5.74) is 1.31. The van der Waals surface area contributed by atoms with Gasteiger partial charge in [-0.05, 0) is 12.5 Å². The Hall–Kier alpha value is -1.53. The molecule has 0 saturated heterocycles. The minimum absolute atomic E-state index is 0.0394. The van der Waals surface area contributed by atoms with E-state index in [0.29, 0.717) is 17.7 Å². The van der Waals surface area contributed by atoms with E-state index < -0.39 is 11.0 Å². The normalized spacial score (nSPS) is 12.4. The summed E-state index contributed by atoms with van der Waals surface area (Å²) in [6.45, 7) is 1.95. The zero-order valence-electron chi connectivity index (χ0n) is 9.21. The molecule has 0 radical (unpaired) electrons. The number of nitrogens with zero attached hydrogens (tertiary/aromatic N) is 2. The van der Waals surface area contributed by atoms with Gasteiger partial charge in [0.15, 0.2) is 0 Å². The summed E-state index contributed by atoms with van der Waals surface area (Å²) in [4.78, 5) is 14.0. The summed E-state index contributed by atoms with van der Waals surface area (Å²) in [6.07, 6.45) is 0.886. The van der Waals surface area contributed by atoms with Crippen LogP contribution in [0.5, 0.6) is 0 Å². The van der Waals surface area contributed by atoms with E-state index in [9.17, 15) is 15.2 Å². The summed E-state index contributed by atoms with van der Waals surface area (Å²) in [5, 5.41) is 20.0. The highest BCUT2D eigenvalue weighted by molar-refractivity contribution is 5.33. The van der Waals surface area contributed by atoms with Gasteiger partial charge in [0.25, 0.3) is 5.69 Å². The maximum Gasteiger partial charge on any atom is 0.287 e. The van der Waals surface area contributed by atoms with Crippen LogP contribution in [-0.4, -0.2) is 34.8 Å². The molecular formula is C10H14N2O4. The van der Waals surface area contributed by atoms with Crippen molar-refractivity contribution in [3.63, 3.8) is 0 Å².